The Kier molecular flexibility index (Phi) is 3.04. The summed E-state index contributed by atoms with van der Waals surface area (Å²) >= 11 is 3.31. The molecule has 0 aliphatic carbocycles. The Morgan fingerprint density at radius 3 is 2.61 bits per heavy atom. The van der Waals surface area contributed by atoms with Crippen LogP contribution in [0.1, 0.15) is 11.3 Å². The number of hydrogen-bond donors (Lipinski definition) is 1. The first kappa shape index (κ1) is 12.5. The summed E-state index contributed by atoms with van der Waals surface area (Å²) in [6.45, 7) is 3.48. The van der Waals surface area contributed by atoms with Gasteiger partial charge in [-0.05, 0) is 41.4 Å². The smallest absolute Gasteiger partial charge is 0.296 e. The predicted octanol–water partition coefficient (Wildman–Crippen LogP) is 2.14. The first-order chi connectivity index (χ1) is 8.41. The maximum absolute atomic E-state index is 11.1. The molecule has 2 N–H and O–H groups in total. The van der Waals surface area contributed by atoms with Crippen LogP contribution >= 0.6 is 15.9 Å². The van der Waals surface area contributed by atoms with Crippen LogP contribution in [0.5, 0.6) is 0 Å². The average molecular weight is 312 g/mol. The minimum Gasteiger partial charge on any atom is -0.381 e. The summed E-state index contributed by atoms with van der Waals surface area (Å²) < 4.78 is 1.93. The maximum atomic E-state index is 11.1. The van der Waals surface area contributed by atoms with E-state index in [0.29, 0.717) is 15.9 Å². The second kappa shape index (κ2) is 4.37. The topological polar surface area (TPSA) is 99.9 Å². The summed E-state index contributed by atoms with van der Waals surface area (Å²) in [7, 11) is 0. The van der Waals surface area contributed by atoms with Crippen LogP contribution < -0.4 is 5.73 Å². The second-order valence-corrected chi connectivity index (χ2v) is 4.70. The number of nitro benzene ring substituents is 1. The molecule has 0 amide bonds. The first-order valence-electron chi connectivity index (χ1n) is 5.04. The van der Waals surface area contributed by atoms with E-state index in [9.17, 15) is 10.1 Å². The van der Waals surface area contributed by atoms with Gasteiger partial charge in [-0.15, -0.1) is 5.10 Å². The zero-order chi connectivity index (χ0) is 13.4. The summed E-state index contributed by atoms with van der Waals surface area (Å²) in [5, 5.41) is 18.6. The van der Waals surface area contributed by atoms with E-state index >= 15 is 0 Å². The van der Waals surface area contributed by atoms with Crippen molar-refractivity contribution < 1.29 is 4.92 Å². The molecule has 7 nitrogen and oxygen atoms in total. The number of aryl methyl sites for hydroxylation is 1. The third kappa shape index (κ3) is 1.94. The van der Waals surface area contributed by atoms with E-state index < -0.39 is 4.92 Å². The van der Waals surface area contributed by atoms with Gasteiger partial charge in [0.25, 0.3) is 5.69 Å². The van der Waals surface area contributed by atoms with E-state index in [1.807, 2.05) is 0 Å². The van der Waals surface area contributed by atoms with Crippen LogP contribution in [-0.4, -0.2) is 19.9 Å². The molecule has 0 aliphatic heterocycles. The molecule has 18 heavy (non-hydrogen) atoms. The molecule has 1 aromatic heterocycles. The minimum absolute atomic E-state index is 0.0464. The fourth-order valence-electron chi connectivity index (χ4n) is 1.62. The maximum Gasteiger partial charge on any atom is 0.296 e. The third-order valence-electron chi connectivity index (χ3n) is 2.53. The zero-order valence-corrected chi connectivity index (χ0v) is 11.3. The molecule has 1 aromatic carbocycles. The monoisotopic (exact) mass is 311 g/mol. The van der Waals surface area contributed by atoms with Crippen LogP contribution in [0, 0.1) is 24.0 Å². The molecule has 2 rings (SSSR count). The molecule has 0 atom stereocenters. The zero-order valence-electron chi connectivity index (χ0n) is 9.72. The number of anilines is 1. The van der Waals surface area contributed by atoms with Gasteiger partial charge in [-0.1, -0.05) is 5.21 Å². The van der Waals surface area contributed by atoms with Gasteiger partial charge < -0.3 is 5.73 Å². The van der Waals surface area contributed by atoms with Crippen LogP contribution in [0.25, 0.3) is 5.69 Å². The van der Waals surface area contributed by atoms with Crippen LogP contribution in [0.2, 0.25) is 0 Å². The second-order valence-electron chi connectivity index (χ2n) is 3.84. The molecule has 0 saturated carbocycles. The fourth-order valence-corrected chi connectivity index (χ4v) is 2.35. The Balaban J connectivity index is 2.78. The van der Waals surface area contributed by atoms with Gasteiger partial charge in [0.2, 0.25) is 0 Å². The van der Waals surface area contributed by atoms with Crippen LogP contribution in [0.4, 0.5) is 11.5 Å². The van der Waals surface area contributed by atoms with Crippen molar-refractivity contribution in [1.82, 2.24) is 15.0 Å². The Morgan fingerprint density at radius 2 is 2.11 bits per heavy atom. The highest BCUT2D eigenvalue weighted by molar-refractivity contribution is 9.10. The summed E-state index contributed by atoms with van der Waals surface area (Å²) in [5.74, 6) is 0.247. The summed E-state index contributed by atoms with van der Waals surface area (Å²) in [6, 6.07) is 3.26. The highest BCUT2D eigenvalue weighted by atomic mass is 79.9. The number of halogens is 1. The molecule has 94 valence electrons. The normalized spacial score (nSPS) is 10.6. The third-order valence-corrected chi connectivity index (χ3v) is 3.13. The lowest BCUT2D eigenvalue weighted by molar-refractivity contribution is -0.384. The van der Waals surface area contributed by atoms with E-state index in [0.717, 1.165) is 5.56 Å². The van der Waals surface area contributed by atoms with E-state index in [2.05, 4.69) is 26.2 Å². The molecule has 0 saturated heterocycles. The number of nitrogens with two attached hydrogens (primary N) is 1. The molecule has 0 unspecified atom stereocenters. The van der Waals surface area contributed by atoms with Crippen molar-refractivity contribution in [3.63, 3.8) is 0 Å². The molecule has 0 spiro atoms. The molecule has 0 bridgehead atoms. The van der Waals surface area contributed by atoms with Crippen LogP contribution in [-0.2, 0) is 0 Å². The van der Waals surface area contributed by atoms with Crippen LogP contribution in [0.15, 0.2) is 16.6 Å². The molecular formula is C10H10BrN5O2. The van der Waals surface area contributed by atoms with E-state index in [1.165, 1.54) is 10.7 Å². The van der Waals surface area contributed by atoms with Gasteiger partial charge in [-0.3, -0.25) is 10.1 Å². The standard InChI is InChI=1S/C10H10BrN5O2/c1-5-3-7(11)9(8(4-5)16(17)18)15-6(2)10(12)13-14-15/h3-4H,12H2,1-2H3. The molecule has 0 fully saturated rings. The number of nitrogens with zero attached hydrogens (tertiary/aromatic N) is 4. The van der Waals surface area contributed by atoms with E-state index in [1.54, 1.807) is 19.9 Å². The Morgan fingerprint density at radius 1 is 1.44 bits per heavy atom. The Labute approximate surface area is 111 Å². The molecule has 2 aromatic rings. The van der Waals surface area contributed by atoms with Crippen molar-refractivity contribution in [3.8, 4) is 5.69 Å². The van der Waals surface area contributed by atoms with Gasteiger partial charge in [0.05, 0.1) is 15.1 Å². The highest BCUT2D eigenvalue weighted by Crippen LogP contribution is 2.32. The molecule has 0 aliphatic rings. The van der Waals surface area contributed by atoms with Crippen molar-refractivity contribution >= 4 is 27.4 Å². The number of aromatic nitrogens is 3. The van der Waals surface area contributed by atoms with Crippen molar-refractivity contribution in [1.29, 1.82) is 0 Å². The number of hydrogen-bond acceptors (Lipinski definition) is 5. The van der Waals surface area contributed by atoms with Crippen molar-refractivity contribution in [2.45, 2.75) is 13.8 Å². The van der Waals surface area contributed by atoms with Gasteiger partial charge in [0.1, 0.15) is 0 Å². The fraction of sp³-hybridized carbons (Fsp3) is 0.200. The largest absolute Gasteiger partial charge is 0.381 e. The lowest BCUT2D eigenvalue weighted by Crippen LogP contribution is -2.05. The molecule has 8 heteroatoms. The lowest BCUT2D eigenvalue weighted by Gasteiger charge is -2.08. The Bertz CT molecular complexity index is 637. The quantitative estimate of drug-likeness (QED) is 0.676. The summed E-state index contributed by atoms with van der Waals surface area (Å²) in [5.41, 5.74) is 7.22. The van der Waals surface area contributed by atoms with Gasteiger partial charge in [-0.2, -0.15) is 0 Å². The number of benzene rings is 1. The van der Waals surface area contributed by atoms with E-state index in [4.69, 9.17) is 5.73 Å². The first-order valence-corrected chi connectivity index (χ1v) is 5.83. The number of nitro groups is 1. The lowest BCUT2D eigenvalue weighted by atomic mass is 10.2. The van der Waals surface area contributed by atoms with E-state index in [-0.39, 0.29) is 11.5 Å². The van der Waals surface area contributed by atoms with Crippen LogP contribution in [0.3, 0.4) is 0 Å². The molecular weight excluding hydrogens is 302 g/mol. The van der Waals surface area contributed by atoms with Crippen molar-refractivity contribution in [3.05, 3.63) is 38.0 Å². The van der Waals surface area contributed by atoms with Gasteiger partial charge in [-0.25, -0.2) is 4.68 Å². The number of rotatable bonds is 2. The predicted molar refractivity (Wildman–Crippen MR) is 69.6 cm³/mol. The molecule has 0 radical (unpaired) electrons. The minimum atomic E-state index is -0.454. The van der Waals surface area contributed by atoms with Gasteiger partial charge >= 0.3 is 0 Å². The summed E-state index contributed by atoms with van der Waals surface area (Å²) in [6.07, 6.45) is 0. The average Bonchev–Trinajstić information content (AvgIpc) is 2.59. The SMILES string of the molecule is Cc1cc(Br)c(-n2nnc(N)c2C)c([N+](=O)[O-])c1. The van der Waals surface area contributed by atoms with Gasteiger partial charge in [0, 0.05) is 6.07 Å². The molecule has 1 heterocycles. The van der Waals surface area contributed by atoms with Crippen molar-refractivity contribution in [2.75, 3.05) is 5.73 Å². The Hall–Kier alpha value is -1.96. The number of nitrogen functional groups attached to an aromatic ring is 1. The summed E-state index contributed by atoms with van der Waals surface area (Å²) in [4.78, 5) is 10.7. The van der Waals surface area contributed by atoms with Gasteiger partial charge in [0.15, 0.2) is 11.5 Å². The van der Waals surface area contributed by atoms with Crippen molar-refractivity contribution in [2.24, 2.45) is 0 Å². The highest BCUT2D eigenvalue weighted by Gasteiger charge is 2.22.